The van der Waals surface area contributed by atoms with E-state index in [0.29, 0.717) is 17.9 Å². The molecule has 2 aromatic carbocycles. The molecule has 0 saturated carbocycles. The van der Waals surface area contributed by atoms with Gasteiger partial charge in [0, 0.05) is 18.7 Å². The number of hydrogen-bond acceptors (Lipinski definition) is 5. The number of aryl methyl sites for hydroxylation is 1. The third-order valence-electron chi connectivity index (χ3n) is 6.96. The van der Waals surface area contributed by atoms with E-state index in [-0.39, 0.29) is 48.4 Å². The van der Waals surface area contributed by atoms with Crippen molar-refractivity contribution in [3.63, 3.8) is 0 Å². The highest BCUT2D eigenvalue weighted by molar-refractivity contribution is 6.22. The van der Waals surface area contributed by atoms with Crippen molar-refractivity contribution >= 4 is 35.1 Å². The maximum absolute atomic E-state index is 12.9. The van der Waals surface area contributed by atoms with Crippen molar-refractivity contribution in [3.05, 3.63) is 66.2 Å². The van der Waals surface area contributed by atoms with Gasteiger partial charge in [0.05, 0.1) is 23.4 Å². The zero-order valence-electron chi connectivity index (χ0n) is 19.1. The summed E-state index contributed by atoms with van der Waals surface area (Å²) in [5, 5.41) is 0. The number of fused-ring (bicyclic) bond motifs is 1. The molecule has 7 nitrogen and oxygen atoms in total. The molecule has 0 unspecified atom stereocenters. The Balaban J connectivity index is 1.25. The number of allylic oxidation sites excluding steroid dienone is 2. The third-order valence-corrected chi connectivity index (χ3v) is 6.96. The number of anilines is 2. The molecule has 174 valence electrons. The number of amides is 3. The molecule has 2 heterocycles. The molecule has 3 amide bonds. The minimum atomic E-state index is -0.563. The van der Waals surface area contributed by atoms with Crippen LogP contribution in [0.5, 0.6) is 5.75 Å². The lowest BCUT2D eigenvalue weighted by Crippen LogP contribution is -2.31. The predicted octanol–water partition coefficient (Wildman–Crippen LogP) is 3.66. The Labute approximate surface area is 198 Å². The molecule has 4 atom stereocenters. The molecular weight excluding hydrogens is 432 g/mol. The van der Waals surface area contributed by atoms with Crippen LogP contribution in [0.15, 0.2) is 60.7 Å². The molecule has 2 fully saturated rings. The van der Waals surface area contributed by atoms with E-state index in [2.05, 4.69) is 0 Å². The van der Waals surface area contributed by atoms with Gasteiger partial charge in [-0.2, -0.15) is 0 Å². The molecule has 2 saturated heterocycles. The maximum Gasteiger partial charge on any atom is 0.316 e. The number of ether oxygens (including phenoxy) is 1. The highest BCUT2D eigenvalue weighted by atomic mass is 16.5. The van der Waals surface area contributed by atoms with Crippen LogP contribution >= 0.6 is 0 Å². The maximum atomic E-state index is 12.9. The van der Waals surface area contributed by atoms with Crippen molar-refractivity contribution in [2.24, 2.45) is 23.7 Å². The Bertz CT molecular complexity index is 1200. The molecule has 2 aromatic rings. The van der Waals surface area contributed by atoms with E-state index >= 15 is 0 Å². The first-order valence-corrected chi connectivity index (χ1v) is 11.6. The molecule has 7 heteroatoms. The summed E-state index contributed by atoms with van der Waals surface area (Å²) in [6.45, 7) is 4.18. The second kappa shape index (κ2) is 8.56. The normalized spacial score (nSPS) is 26.2. The Morgan fingerprint density at radius 1 is 1.00 bits per heavy atom. The summed E-state index contributed by atoms with van der Waals surface area (Å²) in [6.07, 6.45) is 4.63. The summed E-state index contributed by atoms with van der Waals surface area (Å²) in [7, 11) is 0. The minimum absolute atomic E-state index is 0.0221. The first-order valence-electron chi connectivity index (χ1n) is 11.6. The summed E-state index contributed by atoms with van der Waals surface area (Å²) in [5.74, 6) is -1.83. The second-order valence-corrected chi connectivity index (χ2v) is 9.33. The highest BCUT2D eigenvalue weighted by Gasteiger charge is 2.50. The van der Waals surface area contributed by atoms with Gasteiger partial charge in [0.2, 0.25) is 17.7 Å². The zero-order chi connectivity index (χ0) is 24.0. The Kier molecular flexibility index (Phi) is 5.55. The summed E-state index contributed by atoms with van der Waals surface area (Å²) in [5.41, 5.74) is 2.28. The van der Waals surface area contributed by atoms with E-state index in [1.807, 2.05) is 50.3 Å². The van der Waals surface area contributed by atoms with Crippen LogP contribution in [0.3, 0.4) is 0 Å². The van der Waals surface area contributed by atoms with Gasteiger partial charge in [-0.05, 0) is 61.2 Å². The van der Waals surface area contributed by atoms with E-state index in [9.17, 15) is 19.2 Å². The van der Waals surface area contributed by atoms with E-state index in [0.717, 1.165) is 11.3 Å². The van der Waals surface area contributed by atoms with Gasteiger partial charge in [-0.15, -0.1) is 0 Å². The molecule has 2 aliphatic heterocycles. The van der Waals surface area contributed by atoms with Crippen LogP contribution in [-0.4, -0.2) is 30.2 Å². The van der Waals surface area contributed by atoms with Crippen molar-refractivity contribution in [1.29, 1.82) is 0 Å². The Hall–Kier alpha value is -3.74. The van der Waals surface area contributed by atoms with Gasteiger partial charge in [0.1, 0.15) is 5.75 Å². The molecule has 34 heavy (non-hydrogen) atoms. The van der Waals surface area contributed by atoms with Gasteiger partial charge in [-0.25, -0.2) is 0 Å². The number of rotatable bonds is 4. The van der Waals surface area contributed by atoms with Gasteiger partial charge in [0.25, 0.3) is 0 Å². The van der Waals surface area contributed by atoms with E-state index < -0.39 is 11.9 Å². The first kappa shape index (κ1) is 22.1. The van der Waals surface area contributed by atoms with Gasteiger partial charge < -0.3 is 9.64 Å². The summed E-state index contributed by atoms with van der Waals surface area (Å²) in [4.78, 5) is 53.9. The van der Waals surface area contributed by atoms with Gasteiger partial charge >= 0.3 is 5.97 Å². The molecule has 0 bridgehead atoms. The average Bonchev–Trinajstić information content (AvgIpc) is 3.33. The third kappa shape index (κ3) is 3.81. The van der Waals surface area contributed by atoms with Crippen LogP contribution in [0.4, 0.5) is 11.4 Å². The first-order chi connectivity index (χ1) is 16.3. The number of carbonyl (C=O) groups is 4. The lowest BCUT2D eigenvalue weighted by atomic mass is 9.78. The van der Waals surface area contributed by atoms with Crippen LogP contribution in [0, 0.1) is 30.6 Å². The largest absolute Gasteiger partial charge is 0.426 e. The molecule has 0 radical (unpaired) electrons. The van der Waals surface area contributed by atoms with Gasteiger partial charge in [0.15, 0.2) is 0 Å². The van der Waals surface area contributed by atoms with Crippen LogP contribution in [0.25, 0.3) is 0 Å². The van der Waals surface area contributed by atoms with Gasteiger partial charge in [-0.1, -0.05) is 31.2 Å². The van der Waals surface area contributed by atoms with Crippen molar-refractivity contribution in [2.75, 3.05) is 16.3 Å². The molecule has 1 aliphatic carbocycles. The van der Waals surface area contributed by atoms with Crippen LogP contribution in [-0.2, 0) is 19.2 Å². The van der Waals surface area contributed by atoms with Crippen molar-refractivity contribution in [1.82, 2.24) is 0 Å². The fraction of sp³-hybridized carbons (Fsp3) is 0.333. The van der Waals surface area contributed by atoms with Crippen LogP contribution in [0.1, 0.15) is 25.3 Å². The lowest BCUT2D eigenvalue weighted by Gasteiger charge is -2.22. The standard InChI is InChI=1S/C27H26N2O5/c1-16-5-3-7-20(13-16)28-15-18(14-23(28)30)27(33)34-21-11-9-19(10-12-21)29-25(31)22-8-4-6-17(2)24(22)26(29)32/h3-7,9-13,17-18,22,24H,8,14-15H2,1-2H3/t17-,18-,22-,24-/m0/s1. The predicted molar refractivity (Wildman–Crippen MR) is 126 cm³/mol. The average molecular weight is 459 g/mol. The van der Waals surface area contributed by atoms with Crippen molar-refractivity contribution in [3.8, 4) is 5.75 Å². The number of hydrogen-bond donors (Lipinski definition) is 0. The Morgan fingerprint density at radius 2 is 1.76 bits per heavy atom. The van der Waals surface area contributed by atoms with E-state index in [4.69, 9.17) is 4.74 Å². The molecule has 0 aromatic heterocycles. The number of esters is 1. The SMILES string of the molecule is Cc1cccc(N2C[C@@H](C(=O)Oc3ccc(N4C(=O)[C@@H]5[C@H](CC=C[C@@H]5C)C4=O)cc3)CC2=O)c1. The van der Waals surface area contributed by atoms with E-state index in [1.54, 1.807) is 29.2 Å². The van der Waals surface area contributed by atoms with Crippen LogP contribution in [0.2, 0.25) is 0 Å². The van der Waals surface area contributed by atoms with Crippen molar-refractivity contribution in [2.45, 2.75) is 26.7 Å². The Morgan fingerprint density at radius 3 is 2.47 bits per heavy atom. The molecule has 0 N–H and O–H groups in total. The number of carbonyl (C=O) groups excluding carboxylic acids is 4. The number of benzene rings is 2. The molecule has 5 rings (SSSR count). The lowest BCUT2D eigenvalue weighted by molar-refractivity contribution is -0.139. The quantitative estimate of drug-likeness (QED) is 0.302. The zero-order valence-corrected chi connectivity index (χ0v) is 19.1. The second-order valence-electron chi connectivity index (χ2n) is 9.33. The highest BCUT2D eigenvalue weighted by Crippen LogP contribution is 2.40. The summed E-state index contributed by atoms with van der Waals surface area (Å²) >= 11 is 0. The van der Waals surface area contributed by atoms with E-state index in [1.165, 1.54) is 4.90 Å². The fourth-order valence-electron chi connectivity index (χ4n) is 5.18. The monoisotopic (exact) mass is 458 g/mol. The number of imide groups is 1. The fourth-order valence-corrected chi connectivity index (χ4v) is 5.18. The molecule has 0 spiro atoms. The molecular formula is C27H26N2O5. The number of nitrogens with zero attached hydrogens (tertiary/aromatic N) is 2. The summed E-state index contributed by atoms with van der Waals surface area (Å²) < 4.78 is 5.52. The van der Waals surface area contributed by atoms with Crippen LogP contribution < -0.4 is 14.5 Å². The van der Waals surface area contributed by atoms with Gasteiger partial charge in [-0.3, -0.25) is 24.1 Å². The molecule has 3 aliphatic rings. The summed E-state index contributed by atoms with van der Waals surface area (Å²) in [6, 6.07) is 14.0. The minimum Gasteiger partial charge on any atom is -0.426 e. The topological polar surface area (TPSA) is 84.0 Å². The van der Waals surface area contributed by atoms with Crippen molar-refractivity contribution < 1.29 is 23.9 Å². The smallest absolute Gasteiger partial charge is 0.316 e.